The molecule has 0 radical (unpaired) electrons. The molecule has 1 saturated heterocycles. The molecule has 0 aromatic heterocycles. The summed E-state index contributed by atoms with van der Waals surface area (Å²) in [6.07, 6.45) is 0.864. The number of rotatable bonds is 7. The Morgan fingerprint density at radius 3 is 2.69 bits per heavy atom. The zero-order valence-electron chi connectivity index (χ0n) is 16.2. The highest BCUT2D eigenvalue weighted by Gasteiger charge is 2.35. The molecule has 152 valence electrons. The number of benzene rings is 2. The van der Waals surface area contributed by atoms with Crippen molar-refractivity contribution in [2.75, 3.05) is 25.0 Å². The Hall–Kier alpha value is -2.67. The summed E-state index contributed by atoms with van der Waals surface area (Å²) >= 11 is 3.41. The number of nitrogens with zero attached hydrogens (tertiary/aromatic N) is 1. The maximum absolute atomic E-state index is 12.3. The molecular formula is C22H23BrN2O4. The number of amides is 2. The van der Waals surface area contributed by atoms with Gasteiger partial charge in [-0.1, -0.05) is 52.3 Å². The van der Waals surface area contributed by atoms with Gasteiger partial charge >= 0.3 is 5.97 Å². The van der Waals surface area contributed by atoms with Crippen molar-refractivity contribution < 1.29 is 19.1 Å². The van der Waals surface area contributed by atoms with Crippen LogP contribution in [-0.4, -0.2) is 42.4 Å². The molecule has 0 aliphatic carbocycles. The maximum atomic E-state index is 12.3. The normalized spacial score (nSPS) is 16.0. The zero-order valence-corrected chi connectivity index (χ0v) is 17.8. The van der Waals surface area contributed by atoms with Crippen LogP contribution in [0.1, 0.15) is 17.5 Å². The number of hydrogen-bond acceptors (Lipinski definition) is 4. The SMILES string of the molecule is Cc1ccc(NC(=O)COC(=O)[C@H]2CC(=O)N(CCc3ccccc3)C2)cc1Br. The Bertz CT molecular complexity index is 901. The fourth-order valence-corrected chi connectivity index (χ4v) is 3.56. The standard InChI is InChI=1S/C22H23BrN2O4/c1-15-7-8-18(12-19(15)23)24-20(26)14-29-22(28)17-11-21(27)25(13-17)10-9-16-5-3-2-4-6-16/h2-8,12,17H,9-11,13-14H2,1H3,(H,24,26)/t17-/m0/s1. The molecule has 0 unspecified atom stereocenters. The van der Waals surface area contributed by atoms with E-state index >= 15 is 0 Å². The number of nitrogens with one attached hydrogen (secondary N) is 1. The predicted octanol–water partition coefficient (Wildman–Crippen LogP) is 3.33. The fourth-order valence-electron chi connectivity index (χ4n) is 3.18. The van der Waals surface area contributed by atoms with Crippen LogP contribution in [0.25, 0.3) is 0 Å². The second kappa shape index (κ2) is 9.69. The summed E-state index contributed by atoms with van der Waals surface area (Å²) < 4.78 is 6.01. The van der Waals surface area contributed by atoms with Gasteiger partial charge in [-0.2, -0.15) is 0 Å². The van der Waals surface area contributed by atoms with E-state index in [4.69, 9.17) is 4.74 Å². The average Bonchev–Trinajstić information content (AvgIpc) is 3.09. The largest absolute Gasteiger partial charge is 0.455 e. The van der Waals surface area contributed by atoms with Crippen LogP contribution < -0.4 is 5.32 Å². The van der Waals surface area contributed by atoms with Crippen molar-refractivity contribution in [3.63, 3.8) is 0 Å². The van der Waals surface area contributed by atoms with Crippen LogP contribution in [0, 0.1) is 12.8 Å². The smallest absolute Gasteiger partial charge is 0.311 e. The van der Waals surface area contributed by atoms with Gasteiger partial charge in [0.05, 0.1) is 5.92 Å². The van der Waals surface area contributed by atoms with E-state index in [2.05, 4.69) is 21.2 Å². The van der Waals surface area contributed by atoms with Crippen molar-refractivity contribution in [2.45, 2.75) is 19.8 Å². The number of carbonyl (C=O) groups is 3. The Kier molecular flexibility index (Phi) is 7.04. The van der Waals surface area contributed by atoms with E-state index in [9.17, 15) is 14.4 Å². The van der Waals surface area contributed by atoms with Gasteiger partial charge in [0.15, 0.2) is 6.61 Å². The number of aryl methyl sites for hydroxylation is 1. The predicted molar refractivity (Wildman–Crippen MR) is 113 cm³/mol. The molecule has 29 heavy (non-hydrogen) atoms. The summed E-state index contributed by atoms with van der Waals surface area (Å²) in [5.74, 6) is -1.52. The van der Waals surface area contributed by atoms with Gasteiger partial charge in [-0.05, 0) is 36.6 Å². The second-order valence-electron chi connectivity index (χ2n) is 7.10. The molecule has 1 aliphatic rings. The van der Waals surface area contributed by atoms with E-state index in [1.807, 2.05) is 43.3 Å². The molecule has 2 aromatic rings. The van der Waals surface area contributed by atoms with Gasteiger partial charge in [-0.15, -0.1) is 0 Å². The van der Waals surface area contributed by atoms with E-state index in [0.717, 1.165) is 22.0 Å². The average molecular weight is 459 g/mol. The first-order valence-electron chi connectivity index (χ1n) is 9.46. The molecule has 0 saturated carbocycles. The van der Waals surface area contributed by atoms with Gasteiger partial charge in [-0.3, -0.25) is 14.4 Å². The molecule has 0 bridgehead atoms. The molecule has 3 rings (SSSR count). The summed E-state index contributed by atoms with van der Waals surface area (Å²) in [5, 5.41) is 2.69. The van der Waals surface area contributed by atoms with Crippen LogP contribution in [0.15, 0.2) is 53.0 Å². The molecule has 1 fully saturated rings. The first-order chi connectivity index (χ1) is 13.9. The quantitative estimate of drug-likeness (QED) is 0.645. The van der Waals surface area contributed by atoms with Gasteiger partial charge in [-0.25, -0.2) is 0 Å². The third kappa shape index (κ3) is 5.90. The van der Waals surface area contributed by atoms with E-state index in [1.54, 1.807) is 17.0 Å². The Morgan fingerprint density at radius 2 is 1.97 bits per heavy atom. The van der Waals surface area contributed by atoms with Crippen LogP contribution >= 0.6 is 15.9 Å². The number of ether oxygens (including phenoxy) is 1. The number of carbonyl (C=O) groups excluding carboxylic acids is 3. The number of likely N-dealkylation sites (tertiary alicyclic amines) is 1. The highest BCUT2D eigenvalue weighted by atomic mass is 79.9. The van der Waals surface area contributed by atoms with Crippen molar-refractivity contribution in [1.29, 1.82) is 0 Å². The highest BCUT2D eigenvalue weighted by Crippen LogP contribution is 2.21. The van der Waals surface area contributed by atoms with Crippen LogP contribution in [0.2, 0.25) is 0 Å². The molecular weight excluding hydrogens is 436 g/mol. The first-order valence-corrected chi connectivity index (χ1v) is 10.3. The highest BCUT2D eigenvalue weighted by molar-refractivity contribution is 9.10. The molecule has 1 N–H and O–H groups in total. The van der Waals surface area contributed by atoms with E-state index in [1.165, 1.54) is 0 Å². The summed E-state index contributed by atoms with van der Waals surface area (Å²) in [7, 11) is 0. The molecule has 7 heteroatoms. The minimum Gasteiger partial charge on any atom is -0.455 e. The van der Waals surface area contributed by atoms with Crippen LogP contribution in [0.3, 0.4) is 0 Å². The topological polar surface area (TPSA) is 75.7 Å². The molecule has 2 aromatic carbocycles. The molecule has 1 aliphatic heterocycles. The fraction of sp³-hybridized carbons (Fsp3) is 0.318. The lowest BCUT2D eigenvalue weighted by Crippen LogP contribution is -2.29. The van der Waals surface area contributed by atoms with Gasteiger partial charge in [0.25, 0.3) is 5.91 Å². The van der Waals surface area contributed by atoms with Crippen molar-refractivity contribution in [1.82, 2.24) is 4.90 Å². The Morgan fingerprint density at radius 1 is 1.21 bits per heavy atom. The van der Waals surface area contributed by atoms with Crippen molar-refractivity contribution in [2.24, 2.45) is 5.92 Å². The lowest BCUT2D eigenvalue weighted by Gasteiger charge is -2.16. The van der Waals surface area contributed by atoms with Gasteiger partial charge in [0, 0.05) is 29.7 Å². The van der Waals surface area contributed by atoms with Crippen molar-refractivity contribution >= 4 is 39.4 Å². The Balaban J connectivity index is 1.43. The maximum Gasteiger partial charge on any atom is 0.311 e. The van der Waals surface area contributed by atoms with Gasteiger partial charge in [0.2, 0.25) is 5.91 Å². The van der Waals surface area contributed by atoms with Crippen LogP contribution in [0.5, 0.6) is 0 Å². The van der Waals surface area contributed by atoms with Gasteiger partial charge in [0.1, 0.15) is 0 Å². The summed E-state index contributed by atoms with van der Waals surface area (Å²) in [6.45, 7) is 2.47. The summed E-state index contributed by atoms with van der Waals surface area (Å²) in [4.78, 5) is 38.2. The van der Waals surface area contributed by atoms with E-state index in [-0.39, 0.29) is 18.9 Å². The number of anilines is 1. The molecule has 1 heterocycles. The second-order valence-corrected chi connectivity index (χ2v) is 7.95. The Labute approximate surface area is 178 Å². The molecule has 6 nitrogen and oxygen atoms in total. The minimum atomic E-state index is -0.528. The van der Waals surface area contributed by atoms with Gasteiger partial charge < -0.3 is 15.0 Å². The minimum absolute atomic E-state index is 0.0585. The summed E-state index contributed by atoms with van der Waals surface area (Å²) in [6, 6.07) is 15.3. The third-order valence-corrected chi connectivity index (χ3v) is 5.72. The van der Waals surface area contributed by atoms with Crippen molar-refractivity contribution in [3.05, 3.63) is 64.1 Å². The number of halogens is 1. The number of hydrogen-bond donors (Lipinski definition) is 1. The zero-order chi connectivity index (χ0) is 20.8. The van der Waals surface area contributed by atoms with E-state index in [0.29, 0.717) is 18.8 Å². The number of esters is 1. The van der Waals surface area contributed by atoms with Crippen molar-refractivity contribution in [3.8, 4) is 0 Å². The molecule has 2 amide bonds. The lowest BCUT2D eigenvalue weighted by molar-refractivity contribution is -0.151. The molecule has 0 spiro atoms. The summed E-state index contributed by atoms with van der Waals surface area (Å²) in [5.41, 5.74) is 2.81. The lowest BCUT2D eigenvalue weighted by atomic mass is 10.1. The third-order valence-electron chi connectivity index (χ3n) is 4.86. The molecule has 1 atom stereocenters. The monoisotopic (exact) mass is 458 g/mol. The first kappa shape index (κ1) is 21.0. The van der Waals surface area contributed by atoms with Crippen LogP contribution in [0.4, 0.5) is 5.69 Å². The van der Waals surface area contributed by atoms with Crippen LogP contribution in [-0.2, 0) is 25.5 Å². The van der Waals surface area contributed by atoms with E-state index < -0.39 is 17.8 Å².